The normalized spacial score (nSPS) is 34.3. The van der Waals surface area contributed by atoms with Gasteiger partial charge in [0.15, 0.2) is 0 Å². The average Bonchev–Trinajstić information content (AvgIpc) is 3.08. The molecule has 1 saturated carbocycles. The number of nitrogens with zero attached hydrogens (tertiary/aromatic N) is 2. The van der Waals surface area contributed by atoms with E-state index in [0.717, 1.165) is 32.2 Å². The Morgan fingerprint density at radius 3 is 3.00 bits per heavy atom. The molecule has 2 fully saturated rings. The zero-order valence-corrected chi connectivity index (χ0v) is 9.28. The molecule has 2 atom stereocenters. The first-order chi connectivity index (χ1) is 7.38. The lowest BCUT2D eigenvalue weighted by atomic mass is 10.1. The van der Waals surface area contributed by atoms with Crippen LogP contribution in [0.2, 0.25) is 0 Å². The lowest BCUT2D eigenvalue weighted by Gasteiger charge is -2.30. The molecule has 0 aromatic heterocycles. The molecule has 1 aliphatic carbocycles. The van der Waals surface area contributed by atoms with Crippen LogP contribution in [0.25, 0.3) is 0 Å². The summed E-state index contributed by atoms with van der Waals surface area (Å²) in [5.41, 5.74) is 1.61. The number of hydrogen-bond donors (Lipinski definition) is 0. The van der Waals surface area contributed by atoms with Crippen LogP contribution in [-0.4, -0.2) is 43.1 Å². The number of ether oxygens (including phenoxy) is 1. The fourth-order valence-corrected chi connectivity index (χ4v) is 2.53. The molecular formula is C12H18N2O. The summed E-state index contributed by atoms with van der Waals surface area (Å²) in [4.78, 5) is 7.16. The third kappa shape index (κ3) is 1.69. The lowest BCUT2D eigenvalue weighted by molar-refractivity contribution is 0.0682. The van der Waals surface area contributed by atoms with E-state index in [0.29, 0.717) is 6.04 Å². The van der Waals surface area contributed by atoms with Crippen molar-refractivity contribution in [3.63, 3.8) is 0 Å². The largest absolute Gasteiger partial charge is 0.378 e. The summed E-state index contributed by atoms with van der Waals surface area (Å²) >= 11 is 0. The lowest BCUT2D eigenvalue weighted by Crippen LogP contribution is -2.40. The van der Waals surface area contributed by atoms with Gasteiger partial charge in [0.25, 0.3) is 0 Å². The fraction of sp³-hybridized carbons (Fsp3) is 0.750. The Kier molecular flexibility index (Phi) is 2.28. The smallest absolute Gasteiger partial charge is 0.123 e. The molecule has 3 aliphatic rings. The summed E-state index contributed by atoms with van der Waals surface area (Å²) < 4.78 is 5.36. The monoisotopic (exact) mass is 206 g/mol. The Hall–Kier alpha value is -0.830. The van der Waals surface area contributed by atoms with Gasteiger partial charge in [-0.25, -0.2) is 0 Å². The fourth-order valence-electron chi connectivity index (χ4n) is 2.53. The van der Waals surface area contributed by atoms with Crippen LogP contribution >= 0.6 is 0 Å². The summed E-state index contributed by atoms with van der Waals surface area (Å²) in [6.07, 6.45) is 4.79. The van der Waals surface area contributed by atoms with E-state index in [1.165, 1.54) is 18.7 Å². The highest BCUT2D eigenvalue weighted by Crippen LogP contribution is 2.44. The van der Waals surface area contributed by atoms with E-state index in [4.69, 9.17) is 9.73 Å². The molecule has 0 aromatic carbocycles. The molecule has 1 saturated heterocycles. The molecule has 0 bridgehead atoms. The van der Waals surface area contributed by atoms with Gasteiger partial charge < -0.3 is 9.64 Å². The van der Waals surface area contributed by atoms with Crippen molar-refractivity contribution in [3.05, 3.63) is 11.6 Å². The zero-order chi connectivity index (χ0) is 10.3. The number of hydrogen-bond acceptors (Lipinski definition) is 3. The van der Waals surface area contributed by atoms with Gasteiger partial charge in [0.05, 0.1) is 19.3 Å². The molecule has 0 spiro atoms. The van der Waals surface area contributed by atoms with Crippen molar-refractivity contribution in [2.75, 3.05) is 26.3 Å². The second-order valence-corrected chi connectivity index (χ2v) is 4.57. The van der Waals surface area contributed by atoms with Gasteiger partial charge in [-0.3, -0.25) is 4.99 Å². The van der Waals surface area contributed by atoms with Crippen LogP contribution in [0.4, 0.5) is 0 Å². The third-order valence-corrected chi connectivity index (χ3v) is 3.59. The first-order valence-electron chi connectivity index (χ1n) is 5.99. The number of fused-ring (bicyclic) bond motifs is 1. The maximum absolute atomic E-state index is 5.36. The van der Waals surface area contributed by atoms with Crippen LogP contribution in [0.1, 0.15) is 19.8 Å². The van der Waals surface area contributed by atoms with Gasteiger partial charge in [-0.1, -0.05) is 12.5 Å². The van der Waals surface area contributed by atoms with Crippen molar-refractivity contribution >= 4 is 5.84 Å². The van der Waals surface area contributed by atoms with Crippen LogP contribution in [-0.2, 0) is 4.74 Å². The van der Waals surface area contributed by atoms with Crippen LogP contribution in [0.15, 0.2) is 16.6 Å². The quantitative estimate of drug-likeness (QED) is 0.649. The molecule has 0 aromatic rings. The molecule has 15 heavy (non-hydrogen) atoms. The Balaban J connectivity index is 1.77. The van der Waals surface area contributed by atoms with E-state index in [-0.39, 0.29) is 0 Å². The first kappa shape index (κ1) is 9.40. The minimum absolute atomic E-state index is 0.614. The minimum atomic E-state index is 0.614. The molecular weight excluding hydrogens is 188 g/mol. The average molecular weight is 206 g/mol. The van der Waals surface area contributed by atoms with Gasteiger partial charge in [0, 0.05) is 19.0 Å². The van der Waals surface area contributed by atoms with E-state index in [1.807, 2.05) is 0 Å². The van der Waals surface area contributed by atoms with Crippen LogP contribution in [0, 0.1) is 5.92 Å². The Bertz CT molecular complexity index is 316. The van der Waals surface area contributed by atoms with Gasteiger partial charge in [-0.2, -0.15) is 0 Å². The van der Waals surface area contributed by atoms with Gasteiger partial charge in [-0.05, 0) is 18.9 Å². The molecule has 0 amide bonds. The first-order valence-corrected chi connectivity index (χ1v) is 5.99. The highest BCUT2D eigenvalue weighted by Gasteiger charge is 2.42. The second kappa shape index (κ2) is 3.63. The van der Waals surface area contributed by atoms with Crippen molar-refractivity contribution in [1.29, 1.82) is 0 Å². The predicted octanol–water partition coefficient (Wildman–Crippen LogP) is 1.46. The van der Waals surface area contributed by atoms with E-state index in [9.17, 15) is 0 Å². The van der Waals surface area contributed by atoms with E-state index in [1.54, 1.807) is 5.57 Å². The highest BCUT2D eigenvalue weighted by atomic mass is 16.5. The van der Waals surface area contributed by atoms with Gasteiger partial charge in [-0.15, -0.1) is 0 Å². The molecule has 0 radical (unpaired) electrons. The SMILES string of the molecule is CCC1=CC(N2CCOCC2)=NC2CC12. The van der Waals surface area contributed by atoms with Gasteiger partial charge >= 0.3 is 0 Å². The Morgan fingerprint density at radius 2 is 2.27 bits per heavy atom. The molecule has 2 aliphatic heterocycles. The summed E-state index contributed by atoms with van der Waals surface area (Å²) in [5.74, 6) is 2.01. The molecule has 0 N–H and O–H groups in total. The number of aliphatic imine (C=N–C) groups is 1. The predicted molar refractivity (Wildman–Crippen MR) is 60.1 cm³/mol. The van der Waals surface area contributed by atoms with E-state index >= 15 is 0 Å². The van der Waals surface area contributed by atoms with Crippen molar-refractivity contribution in [2.45, 2.75) is 25.8 Å². The van der Waals surface area contributed by atoms with Crippen LogP contribution in [0.5, 0.6) is 0 Å². The summed E-state index contributed by atoms with van der Waals surface area (Å²) in [7, 11) is 0. The standard InChI is InChI=1S/C12H18N2O/c1-2-9-7-12(13-11-8-10(9)11)14-3-5-15-6-4-14/h7,10-11H,2-6,8H2,1H3. The Morgan fingerprint density at radius 1 is 1.47 bits per heavy atom. The maximum atomic E-state index is 5.36. The molecule has 82 valence electrons. The summed E-state index contributed by atoms with van der Waals surface area (Å²) in [6, 6.07) is 0.614. The molecule has 2 unspecified atom stereocenters. The topological polar surface area (TPSA) is 24.8 Å². The molecule has 3 rings (SSSR count). The number of amidine groups is 1. The van der Waals surface area contributed by atoms with Crippen molar-refractivity contribution in [1.82, 2.24) is 4.90 Å². The molecule has 3 heteroatoms. The Labute approximate surface area is 90.8 Å². The van der Waals surface area contributed by atoms with Crippen molar-refractivity contribution in [3.8, 4) is 0 Å². The molecule has 2 heterocycles. The maximum Gasteiger partial charge on any atom is 0.123 e. The van der Waals surface area contributed by atoms with Crippen molar-refractivity contribution in [2.24, 2.45) is 10.9 Å². The number of morpholine rings is 1. The summed E-state index contributed by atoms with van der Waals surface area (Å²) in [6.45, 7) is 5.96. The number of dihydropyridines is 1. The second-order valence-electron chi connectivity index (χ2n) is 4.57. The highest BCUT2D eigenvalue weighted by molar-refractivity contribution is 5.95. The van der Waals surface area contributed by atoms with Gasteiger partial charge in [0.2, 0.25) is 0 Å². The third-order valence-electron chi connectivity index (χ3n) is 3.59. The van der Waals surface area contributed by atoms with E-state index in [2.05, 4.69) is 17.9 Å². The van der Waals surface area contributed by atoms with Crippen LogP contribution < -0.4 is 0 Å². The zero-order valence-electron chi connectivity index (χ0n) is 9.28. The van der Waals surface area contributed by atoms with E-state index < -0.39 is 0 Å². The van der Waals surface area contributed by atoms with Crippen molar-refractivity contribution < 1.29 is 4.74 Å². The minimum Gasteiger partial charge on any atom is -0.378 e. The summed E-state index contributed by atoms with van der Waals surface area (Å²) in [5, 5.41) is 0. The molecule has 3 nitrogen and oxygen atoms in total. The van der Waals surface area contributed by atoms with Crippen LogP contribution in [0.3, 0.4) is 0 Å². The van der Waals surface area contributed by atoms with Gasteiger partial charge in [0.1, 0.15) is 5.84 Å². The number of rotatable bonds is 1.